The quantitative estimate of drug-likeness (QED) is 0.235. The second-order valence-electron chi connectivity index (χ2n) is 10.0. The number of furan rings is 1. The molecule has 3 nitrogen and oxygen atoms in total. The normalized spacial score (nSPS) is 11.5. The van der Waals surface area contributed by atoms with Gasteiger partial charge in [-0.2, -0.15) is 0 Å². The van der Waals surface area contributed by atoms with E-state index >= 15 is 0 Å². The lowest BCUT2D eigenvalue weighted by Gasteiger charge is -2.09. The van der Waals surface area contributed by atoms with Crippen LogP contribution in [0, 0.1) is 0 Å². The lowest BCUT2D eigenvalue weighted by Crippen LogP contribution is -1.89. The molecule has 0 aliphatic carbocycles. The van der Waals surface area contributed by atoms with Gasteiger partial charge in [0.2, 0.25) is 0 Å². The van der Waals surface area contributed by atoms with Crippen molar-refractivity contribution >= 4 is 27.6 Å². The van der Waals surface area contributed by atoms with Crippen LogP contribution in [0.3, 0.4) is 0 Å². The zero-order valence-electron chi connectivity index (χ0n) is 21.7. The van der Waals surface area contributed by atoms with Gasteiger partial charge in [-0.05, 0) is 47.0 Å². The number of rotatable bonds is 4. The molecule has 8 rings (SSSR count). The number of pyridine rings is 1. The zero-order chi connectivity index (χ0) is 26.5. The third kappa shape index (κ3) is 3.63. The van der Waals surface area contributed by atoms with E-state index in [4.69, 9.17) is 9.40 Å². The van der Waals surface area contributed by atoms with Gasteiger partial charge >= 0.3 is 0 Å². The first-order valence-electron chi connectivity index (χ1n) is 13.5. The van der Waals surface area contributed by atoms with Crippen molar-refractivity contribution in [2.75, 3.05) is 0 Å². The molecule has 0 fully saturated rings. The van der Waals surface area contributed by atoms with Gasteiger partial charge < -0.3 is 4.42 Å². The largest absolute Gasteiger partial charge is 0.455 e. The summed E-state index contributed by atoms with van der Waals surface area (Å²) in [7, 11) is 0. The van der Waals surface area contributed by atoms with Crippen molar-refractivity contribution in [3.63, 3.8) is 0 Å². The summed E-state index contributed by atoms with van der Waals surface area (Å²) in [5.74, 6) is 0. The number of aromatic nitrogens is 2. The molecule has 0 unspecified atom stereocenters. The molecule has 0 N–H and O–H groups in total. The number of nitrogens with zero attached hydrogens (tertiary/aromatic N) is 2. The predicted octanol–water partition coefficient (Wildman–Crippen LogP) is 9.90. The van der Waals surface area contributed by atoms with Gasteiger partial charge in [0, 0.05) is 33.7 Å². The van der Waals surface area contributed by atoms with Gasteiger partial charge in [-0.25, -0.2) is 4.98 Å². The lowest BCUT2D eigenvalue weighted by molar-refractivity contribution is 0.670. The fourth-order valence-corrected chi connectivity index (χ4v) is 5.76. The molecule has 8 aromatic rings. The van der Waals surface area contributed by atoms with Crippen LogP contribution in [0.5, 0.6) is 0 Å². The second kappa shape index (κ2) is 9.11. The molecule has 3 heteroatoms. The summed E-state index contributed by atoms with van der Waals surface area (Å²) < 4.78 is 8.51. The Morgan fingerprint density at radius 1 is 0.500 bits per heavy atom. The minimum atomic E-state index is 0.912. The maximum absolute atomic E-state index is 6.33. The molecule has 0 radical (unpaired) electrons. The minimum Gasteiger partial charge on any atom is -0.455 e. The summed E-state index contributed by atoms with van der Waals surface area (Å²) in [6, 6.07) is 48.6. The van der Waals surface area contributed by atoms with Gasteiger partial charge in [0.15, 0.2) is 0 Å². The van der Waals surface area contributed by atoms with Crippen molar-refractivity contribution in [1.82, 2.24) is 9.38 Å². The fraction of sp³-hybridized carbons (Fsp3) is 0. The predicted molar refractivity (Wildman–Crippen MR) is 164 cm³/mol. The van der Waals surface area contributed by atoms with Crippen molar-refractivity contribution < 1.29 is 4.42 Å². The summed E-state index contributed by atoms with van der Waals surface area (Å²) in [6.45, 7) is 0. The first-order valence-corrected chi connectivity index (χ1v) is 13.5. The summed E-state index contributed by atoms with van der Waals surface area (Å²) in [5, 5.41) is 2.28. The topological polar surface area (TPSA) is 30.4 Å². The van der Waals surface area contributed by atoms with Gasteiger partial charge in [-0.3, -0.25) is 4.40 Å². The molecular weight excluding hydrogens is 488 g/mol. The summed E-state index contributed by atoms with van der Waals surface area (Å²) in [5.41, 5.74) is 11.6. The summed E-state index contributed by atoms with van der Waals surface area (Å²) in [4.78, 5) is 5.06. The van der Waals surface area contributed by atoms with E-state index in [0.29, 0.717) is 0 Å². The summed E-state index contributed by atoms with van der Waals surface area (Å²) in [6.07, 6.45) is 2.08. The van der Waals surface area contributed by atoms with Gasteiger partial charge in [0.05, 0.1) is 11.4 Å². The molecular formula is C37H24N2O. The standard InChI is InChI=1S/C37H24N2O/c1-2-11-25(12-3-1)36-35(38-34-21-6-7-22-39(34)36)29-16-9-14-27(24-29)26-13-8-15-28(23-26)30-18-10-19-32-31-17-4-5-20-33(31)40-37(30)32/h1-24H. The Hall–Kier alpha value is -5.41. The van der Waals surface area contributed by atoms with Crippen LogP contribution in [-0.4, -0.2) is 9.38 Å². The highest BCUT2D eigenvalue weighted by Crippen LogP contribution is 2.38. The van der Waals surface area contributed by atoms with E-state index < -0.39 is 0 Å². The van der Waals surface area contributed by atoms with Crippen molar-refractivity contribution in [2.24, 2.45) is 0 Å². The minimum absolute atomic E-state index is 0.912. The Bertz CT molecular complexity index is 2170. The molecule has 0 saturated heterocycles. The summed E-state index contributed by atoms with van der Waals surface area (Å²) >= 11 is 0. The molecule has 5 aromatic carbocycles. The number of benzene rings is 5. The van der Waals surface area contributed by atoms with Crippen LogP contribution >= 0.6 is 0 Å². The number of imidazole rings is 1. The van der Waals surface area contributed by atoms with Gasteiger partial charge in [-0.1, -0.05) is 109 Å². The maximum Gasteiger partial charge on any atom is 0.143 e. The van der Waals surface area contributed by atoms with E-state index in [1.165, 1.54) is 0 Å². The maximum atomic E-state index is 6.33. The van der Waals surface area contributed by atoms with Gasteiger partial charge in [0.1, 0.15) is 16.8 Å². The first kappa shape index (κ1) is 22.6. The Morgan fingerprint density at radius 2 is 1.15 bits per heavy atom. The Kier molecular flexibility index (Phi) is 5.14. The SMILES string of the molecule is c1ccc(-c2c(-c3cccc(-c4cccc(-c5cccc6c5oc5ccccc56)c4)c3)nc3ccccn23)cc1. The highest BCUT2D eigenvalue weighted by molar-refractivity contribution is 6.09. The van der Waals surface area contributed by atoms with Crippen LogP contribution in [0.2, 0.25) is 0 Å². The molecule has 3 heterocycles. The van der Waals surface area contributed by atoms with Gasteiger partial charge in [0.25, 0.3) is 0 Å². The number of hydrogen-bond acceptors (Lipinski definition) is 2. The molecule has 0 amide bonds. The molecule has 0 spiro atoms. The highest BCUT2D eigenvalue weighted by Gasteiger charge is 2.17. The molecule has 40 heavy (non-hydrogen) atoms. The van der Waals surface area contributed by atoms with Crippen LogP contribution in [0.25, 0.3) is 72.4 Å². The number of para-hydroxylation sites is 2. The van der Waals surface area contributed by atoms with Crippen molar-refractivity contribution in [1.29, 1.82) is 0 Å². The molecule has 188 valence electrons. The second-order valence-corrected chi connectivity index (χ2v) is 10.0. The Labute approximate surface area is 231 Å². The average Bonchev–Trinajstić information content (AvgIpc) is 3.61. The molecule has 0 saturated carbocycles. The monoisotopic (exact) mass is 512 g/mol. The van der Waals surface area contributed by atoms with Gasteiger partial charge in [-0.15, -0.1) is 0 Å². The zero-order valence-corrected chi connectivity index (χ0v) is 21.7. The van der Waals surface area contributed by atoms with Crippen LogP contribution in [-0.2, 0) is 0 Å². The van der Waals surface area contributed by atoms with Crippen LogP contribution in [0.15, 0.2) is 150 Å². The van der Waals surface area contributed by atoms with Crippen molar-refractivity contribution in [3.05, 3.63) is 146 Å². The molecule has 0 atom stereocenters. The number of hydrogen-bond donors (Lipinski definition) is 0. The smallest absolute Gasteiger partial charge is 0.143 e. The lowest BCUT2D eigenvalue weighted by atomic mass is 9.96. The van der Waals surface area contributed by atoms with E-state index in [9.17, 15) is 0 Å². The van der Waals surface area contributed by atoms with Crippen LogP contribution in [0.4, 0.5) is 0 Å². The molecule has 0 aliphatic rings. The third-order valence-electron chi connectivity index (χ3n) is 7.62. The molecule has 3 aromatic heterocycles. The van der Waals surface area contributed by atoms with E-state index in [1.807, 2.05) is 24.3 Å². The van der Waals surface area contributed by atoms with E-state index in [1.54, 1.807) is 0 Å². The van der Waals surface area contributed by atoms with Crippen LogP contribution < -0.4 is 0 Å². The fourth-order valence-electron chi connectivity index (χ4n) is 5.76. The van der Waals surface area contributed by atoms with Crippen LogP contribution in [0.1, 0.15) is 0 Å². The highest BCUT2D eigenvalue weighted by atomic mass is 16.3. The van der Waals surface area contributed by atoms with Crippen molar-refractivity contribution in [3.8, 4) is 44.8 Å². The number of fused-ring (bicyclic) bond motifs is 4. The first-order chi connectivity index (χ1) is 19.8. The van der Waals surface area contributed by atoms with E-state index in [-0.39, 0.29) is 0 Å². The molecule has 0 bridgehead atoms. The van der Waals surface area contributed by atoms with E-state index in [0.717, 1.165) is 72.4 Å². The Balaban J connectivity index is 1.26. The van der Waals surface area contributed by atoms with Crippen molar-refractivity contribution in [2.45, 2.75) is 0 Å². The molecule has 0 aliphatic heterocycles. The average molecular weight is 513 g/mol. The van der Waals surface area contributed by atoms with E-state index in [2.05, 4.69) is 126 Å². The Morgan fingerprint density at radius 3 is 2.02 bits per heavy atom. The third-order valence-corrected chi connectivity index (χ3v) is 7.62.